The van der Waals surface area contributed by atoms with Gasteiger partial charge < -0.3 is 10.1 Å². The zero-order chi connectivity index (χ0) is 20.1. The SMILES string of the molecule is Cc1nc(-c2ccccc2NC(=O)c2cc(OCc3ccccc3)ncn2)cs1. The molecule has 0 spiro atoms. The summed E-state index contributed by atoms with van der Waals surface area (Å²) in [6, 6.07) is 18.9. The highest BCUT2D eigenvalue weighted by molar-refractivity contribution is 7.09. The topological polar surface area (TPSA) is 77.0 Å². The molecule has 2 aromatic heterocycles. The van der Waals surface area contributed by atoms with Crippen molar-refractivity contribution < 1.29 is 9.53 Å². The molecule has 0 fully saturated rings. The number of ether oxygens (including phenoxy) is 1. The first-order valence-electron chi connectivity index (χ1n) is 9.01. The Morgan fingerprint density at radius 2 is 1.86 bits per heavy atom. The number of nitrogens with one attached hydrogen (secondary N) is 1. The summed E-state index contributed by atoms with van der Waals surface area (Å²) in [5, 5.41) is 5.86. The number of aryl methyl sites for hydroxylation is 1. The molecule has 0 atom stereocenters. The van der Waals surface area contributed by atoms with Gasteiger partial charge in [0.2, 0.25) is 5.88 Å². The van der Waals surface area contributed by atoms with E-state index < -0.39 is 0 Å². The lowest BCUT2D eigenvalue weighted by molar-refractivity contribution is 0.102. The second-order valence-electron chi connectivity index (χ2n) is 6.27. The Morgan fingerprint density at radius 1 is 1.07 bits per heavy atom. The largest absolute Gasteiger partial charge is 0.473 e. The Morgan fingerprint density at radius 3 is 2.66 bits per heavy atom. The molecule has 4 aromatic rings. The van der Waals surface area contributed by atoms with Crippen molar-refractivity contribution in [2.24, 2.45) is 0 Å². The standard InChI is InChI=1S/C22H18N4O2S/c1-15-25-20(13-29-15)17-9-5-6-10-18(17)26-22(27)19-11-21(24-14-23-19)28-12-16-7-3-2-4-8-16/h2-11,13-14H,12H2,1H3,(H,26,27). The summed E-state index contributed by atoms with van der Waals surface area (Å²) in [4.78, 5) is 25.4. The quantitative estimate of drug-likeness (QED) is 0.504. The fourth-order valence-electron chi connectivity index (χ4n) is 2.76. The number of hydrogen-bond acceptors (Lipinski definition) is 6. The molecular formula is C22H18N4O2S. The fourth-order valence-corrected chi connectivity index (χ4v) is 3.38. The maximum atomic E-state index is 12.8. The summed E-state index contributed by atoms with van der Waals surface area (Å²) in [6.07, 6.45) is 1.32. The number of thiazole rings is 1. The lowest BCUT2D eigenvalue weighted by Crippen LogP contribution is -2.15. The molecule has 29 heavy (non-hydrogen) atoms. The number of carbonyl (C=O) groups is 1. The second-order valence-corrected chi connectivity index (χ2v) is 7.33. The Hall–Kier alpha value is -3.58. The predicted octanol–water partition coefficient (Wildman–Crippen LogP) is 4.74. The molecule has 1 amide bonds. The molecule has 2 aromatic carbocycles. The molecule has 0 saturated carbocycles. The number of para-hydroxylation sites is 1. The molecule has 0 bridgehead atoms. The minimum absolute atomic E-state index is 0.229. The van der Waals surface area contributed by atoms with Gasteiger partial charge in [-0.3, -0.25) is 4.79 Å². The molecular weight excluding hydrogens is 384 g/mol. The van der Waals surface area contributed by atoms with Crippen LogP contribution in [-0.4, -0.2) is 20.9 Å². The Bertz CT molecular complexity index is 1130. The lowest BCUT2D eigenvalue weighted by atomic mass is 10.1. The number of nitrogens with zero attached hydrogens (tertiary/aromatic N) is 3. The Balaban J connectivity index is 1.49. The summed E-state index contributed by atoms with van der Waals surface area (Å²) in [5.74, 6) is 0.00813. The third-order valence-corrected chi connectivity index (χ3v) is 4.95. The van der Waals surface area contributed by atoms with Crippen molar-refractivity contribution in [3.63, 3.8) is 0 Å². The van der Waals surface area contributed by atoms with E-state index in [0.29, 0.717) is 18.2 Å². The average Bonchev–Trinajstić information content (AvgIpc) is 3.20. The van der Waals surface area contributed by atoms with Crippen molar-refractivity contribution in [2.75, 3.05) is 5.32 Å². The molecule has 0 aliphatic carbocycles. The van der Waals surface area contributed by atoms with Crippen LogP contribution in [0.25, 0.3) is 11.3 Å². The third-order valence-electron chi connectivity index (χ3n) is 4.17. The van der Waals surface area contributed by atoms with Gasteiger partial charge in [0.15, 0.2) is 0 Å². The van der Waals surface area contributed by atoms with Gasteiger partial charge in [0.05, 0.1) is 16.4 Å². The molecule has 0 radical (unpaired) electrons. The third kappa shape index (κ3) is 4.64. The van der Waals surface area contributed by atoms with Crippen molar-refractivity contribution in [3.8, 4) is 17.1 Å². The van der Waals surface area contributed by atoms with Gasteiger partial charge in [-0.15, -0.1) is 11.3 Å². The van der Waals surface area contributed by atoms with Crippen LogP contribution in [0.2, 0.25) is 0 Å². The van der Waals surface area contributed by atoms with E-state index in [0.717, 1.165) is 21.8 Å². The number of anilines is 1. The summed E-state index contributed by atoms with van der Waals surface area (Å²) >= 11 is 1.57. The minimum Gasteiger partial charge on any atom is -0.473 e. The van der Waals surface area contributed by atoms with Crippen LogP contribution in [-0.2, 0) is 6.61 Å². The van der Waals surface area contributed by atoms with Crippen molar-refractivity contribution in [2.45, 2.75) is 13.5 Å². The molecule has 144 valence electrons. The van der Waals surface area contributed by atoms with E-state index >= 15 is 0 Å². The molecule has 0 aliphatic rings. The van der Waals surface area contributed by atoms with Crippen LogP contribution >= 0.6 is 11.3 Å². The summed E-state index contributed by atoms with van der Waals surface area (Å²) in [7, 11) is 0. The van der Waals surface area contributed by atoms with Crippen LogP contribution in [0.4, 0.5) is 5.69 Å². The Labute approximate surface area is 172 Å². The molecule has 6 nitrogen and oxygen atoms in total. The van der Waals surface area contributed by atoms with Gasteiger partial charge in [-0.25, -0.2) is 15.0 Å². The molecule has 7 heteroatoms. The van der Waals surface area contributed by atoms with Gasteiger partial charge in [-0.05, 0) is 18.6 Å². The van der Waals surface area contributed by atoms with Crippen molar-refractivity contribution in [3.05, 3.63) is 88.6 Å². The van der Waals surface area contributed by atoms with Crippen molar-refractivity contribution >= 4 is 22.9 Å². The van der Waals surface area contributed by atoms with Crippen LogP contribution in [0.5, 0.6) is 5.88 Å². The first kappa shape index (κ1) is 18.8. The summed E-state index contributed by atoms with van der Waals surface area (Å²) in [5.41, 5.74) is 3.61. The van der Waals surface area contributed by atoms with E-state index in [1.165, 1.54) is 12.4 Å². The van der Waals surface area contributed by atoms with Gasteiger partial charge in [-0.1, -0.05) is 48.5 Å². The Kier molecular flexibility index (Phi) is 5.58. The number of rotatable bonds is 6. The number of amides is 1. The van der Waals surface area contributed by atoms with Crippen LogP contribution in [0.15, 0.2) is 72.4 Å². The van der Waals surface area contributed by atoms with Crippen LogP contribution in [0, 0.1) is 6.92 Å². The van der Waals surface area contributed by atoms with E-state index in [1.807, 2.05) is 66.9 Å². The van der Waals surface area contributed by atoms with Gasteiger partial charge in [-0.2, -0.15) is 0 Å². The number of carbonyl (C=O) groups excluding carboxylic acids is 1. The normalized spacial score (nSPS) is 10.5. The molecule has 0 aliphatic heterocycles. The lowest BCUT2D eigenvalue weighted by Gasteiger charge is -2.10. The first-order valence-corrected chi connectivity index (χ1v) is 9.88. The first-order chi connectivity index (χ1) is 14.2. The maximum Gasteiger partial charge on any atom is 0.274 e. The van der Waals surface area contributed by atoms with Crippen molar-refractivity contribution in [1.82, 2.24) is 15.0 Å². The molecule has 0 unspecified atom stereocenters. The number of benzene rings is 2. The highest BCUT2D eigenvalue weighted by Gasteiger charge is 2.14. The smallest absolute Gasteiger partial charge is 0.274 e. The van der Waals surface area contributed by atoms with Gasteiger partial charge >= 0.3 is 0 Å². The van der Waals surface area contributed by atoms with Crippen molar-refractivity contribution in [1.29, 1.82) is 0 Å². The minimum atomic E-state index is -0.337. The van der Waals surface area contributed by atoms with E-state index in [9.17, 15) is 4.79 Å². The van der Waals surface area contributed by atoms with Gasteiger partial charge in [0.25, 0.3) is 5.91 Å². The zero-order valence-corrected chi connectivity index (χ0v) is 16.5. The number of hydrogen-bond donors (Lipinski definition) is 1. The van der Waals surface area contributed by atoms with Gasteiger partial charge in [0, 0.05) is 17.0 Å². The van der Waals surface area contributed by atoms with Gasteiger partial charge in [0.1, 0.15) is 18.6 Å². The van der Waals surface area contributed by atoms with E-state index in [1.54, 1.807) is 11.3 Å². The molecule has 1 N–H and O–H groups in total. The van der Waals surface area contributed by atoms with Crippen LogP contribution < -0.4 is 10.1 Å². The fraction of sp³-hybridized carbons (Fsp3) is 0.0909. The highest BCUT2D eigenvalue weighted by Crippen LogP contribution is 2.29. The second kappa shape index (κ2) is 8.62. The summed E-state index contributed by atoms with van der Waals surface area (Å²) < 4.78 is 5.69. The molecule has 0 saturated heterocycles. The average molecular weight is 402 g/mol. The summed E-state index contributed by atoms with van der Waals surface area (Å²) in [6.45, 7) is 2.32. The molecule has 4 rings (SSSR count). The monoisotopic (exact) mass is 402 g/mol. The molecule has 2 heterocycles. The van der Waals surface area contributed by atoms with E-state index in [4.69, 9.17) is 4.74 Å². The highest BCUT2D eigenvalue weighted by atomic mass is 32.1. The predicted molar refractivity (Wildman–Crippen MR) is 113 cm³/mol. The van der Waals surface area contributed by atoms with Crippen LogP contribution in [0.3, 0.4) is 0 Å². The van der Waals surface area contributed by atoms with Crippen LogP contribution in [0.1, 0.15) is 21.1 Å². The zero-order valence-electron chi connectivity index (χ0n) is 15.7. The number of aromatic nitrogens is 3. The maximum absolute atomic E-state index is 12.8. The van der Waals surface area contributed by atoms with E-state index in [-0.39, 0.29) is 11.6 Å². The van der Waals surface area contributed by atoms with E-state index in [2.05, 4.69) is 20.3 Å².